The highest BCUT2D eigenvalue weighted by Crippen LogP contribution is 2.40. The second-order valence-corrected chi connectivity index (χ2v) is 8.76. The van der Waals surface area contributed by atoms with Crippen molar-refractivity contribution in [3.8, 4) is 0 Å². The van der Waals surface area contributed by atoms with Gasteiger partial charge in [0, 0.05) is 31.2 Å². The van der Waals surface area contributed by atoms with Crippen molar-refractivity contribution in [3.63, 3.8) is 0 Å². The maximum Gasteiger partial charge on any atom is 0.340 e. The zero-order valence-electron chi connectivity index (χ0n) is 17.5. The number of methoxy groups -OCH3 is 1. The SMILES string of the molecule is COC(=O)c1cc2[nH]c(=O)n(CC3CC4CCC(C3)N4Cc3ccccc3)c2cc1F. The summed E-state index contributed by atoms with van der Waals surface area (Å²) in [5, 5.41) is 0. The van der Waals surface area contributed by atoms with Crippen LogP contribution in [0.4, 0.5) is 4.39 Å². The normalized spacial score (nSPS) is 23.4. The minimum absolute atomic E-state index is 0.171. The summed E-state index contributed by atoms with van der Waals surface area (Å²) in [6.45, 7) is 1.53. The Labute approximate surface area is 179 Å². The molecule has 0 amide bonds. The van der Waals surface area contributed by atoms with Gasteiger partial charge in [-0.05, 0) is 43.2 Å². The largest absolute Gasteiger partial charge is 0.465 e. The maximum absolute atomic E-state index is 14.5. The number of halogens is 1. The minimum Gasteiger partial charge on any atom is -0.465 e. The third-order valence-electron chi connectivity index (χ3n) is 6.90. The van der Waals surface area contributed by atoms with E-state index in [4.69, 9.17) is 0 Å². The number of benzene rings is 2. The van der Waals surface area contributed by atoms with Crippen LogP contribution >= 0.6 is 0 Å². The van der Waals surface area contributed by atoms with E-state index in [9.17, 15) is 14.0 Å². The predicted molar refractivity (Wildman–Crippen MR) is 115 cm³/mol. The number of ether oxygens (including phenoxy) is 1. The molecule has 6 nitrogen and oxygen atoms in total. The molecule has 2 bridgehead atoms. The van der Waals surface area contributed by atoms with Gasteiger partial charge in [0.05, 0.1) is 23.7 Å². The highest BCUT2D eigenvalue weighted by Gasteiger charge is 2.40. The maximum atomic E-state index is 14.5. The van der Waals surface area contributed by atoms with Crippen molar-refractivity contribution in [1.82, 2.24) is 14.5 Å². The Hall–Kier alpha value is -2.93. The topological polar surface area (TPSA) is 67.3 Å². The molecular weight excluding hydrogens is 397 g/mol. The number of piperidine rings is 1. The molecule has 2 aromatic carbocycles. The quantitative estimate of drug-likeness (QED) is 0.636. The summed E-state index contributed by atoms with van der Waals surface area (Å²) >= 11 is 0. The van der Waals surface area contributed by atoms with E-state index in [1.54, 1.807) is 4.57 Å². The van der Waals surface area contributed by atoms with E-state index in [0.717, 1.165) is 19.4 Å². The summed E-state index contributed by atoms with van der Waals surface area (Å²) in [6.07, 6.45) is 4.44. The number of nitrogens with zero attached hydrogens (tertiary/aromatic N) is 2. The van der Waals surface area contributed by atoms with Crippen LogP contribution in [-0.2, 0) is 17.8 Å². The van der Waals surface area contributed by atoms with Gasteiger partial charge in [-0.15, -0.1) is 0 Å². The average Bonchev–Trinajstić information content (AvgIpc) is 3.18. The Morgan fingerprint density at radius 3 is 2.55 bits per heavy atom. The molecule has 0 saturated carbocycles. The molecule has 3 aromatic rings. The highest BCUT2D eigenvalue weighted by atomic mass is 19.1. The lowest BCUT2D eigenvalue weighted by molar-refractivity contribution is 0.0595. The first-order valence-electron chi connectivity index (χ1n) is 10.8. The van der Waals surface area contributed by atoms with E-state index < -0.39 is 11.8 Å². The number of nitrogens with one attached hydrogen (secondary N) is 1. The molecule has 2 saturated heterocycles. The van der Waals surface area contributed by atoms with E-state index in [2.05, 4.69) is 38.9 Å². The second kappa shape index (κ2) is 7.96. The van der Waals surface area contributed by atoms with Gasteiger partial charge in [-0.1, -0.05) is 30.3 Å². The van der Waals surface area contributed by atoms with E-state index in [-0.39, 0.29) is 11.3 Å². The molecule has 7 heteroatoms. The van der Waals surface area contributed by atoms with E-state index in [0.29, 0.717) is 35.6 Å². The number of rotatable bonds is 5. The van der Waals surface area contributed by atoms with Gasteiger partial charge in [-0.3, -0.25) is 9.47 Å². The predicted octanol–water partition coefficient (Wildman–Crippen LogP) is 3.70. The minimum atomic E-state index is -0.754. The molecule has 31 heavy (non-hydrogen) atoms. The van der Waals surface area contributed by atoms with Crippen LogP contribution in [0.25, 0.3) is 11.0 Å². The number of esters is 1. The molecule has 0 spiro atoms. The molecule has 162 valence electrons. The lowest BCUT2D eigenvalue weighted by Crippen LogP contribution is -2.43. The number of aromatic amines is 1. The molecule has 2 unspecified atom stereocenters. The number of H-pyrrole nitrogens is 1. The summed E-state index contributed by atoms with van der Waals surface area (Å²) in [5.41, 5.74) is 1.85. The molecule has 1 aromatic heterocycles. The van der Waals surface area contributed by atoms with Crippen molar-refractivity contribution < 1.29 is 13.9 Å². The Balaban J connectivity index is 1.35. The van der Waals surface area contributed by atoms with Crippen molar-refractivity contribution in [2.75, 3.05) is 7.11 Å². The fourth-order valence-electron chi connectivity index (χ4n) is 5.47. The number of imidazole rings is 1. The molecule has 2 fully saturated rings. The average molecular weight is 423 g/mol. The first-order chi connectivity index (χ1) is 15.0. The number of hydrogen-bond donors (Lipinski definition) is 1. The summed E-state index contributed by atoms with van der Waals surface area (Å²) in [4.78, 5) is 29.8. The first kappa shape index (κ1) is 20.0. The van der Waals surface area contributed by atoms with Crippen molar-refractivity contribution in [2.24, 2.45) is 5.92 Å². The van der Waals surface area contributed by atoms with Crippen LogP contribution < -0.4 is 5.69 Å². The first-order valence-corrected chi connectivity index (χ1v) is 10.8. The third kappa shape index (κ3) is 3.67. The van der Waals surface area contributed by atoms with Crippen molar-refractivity contribution in [2.45, 2.75) is 50.9 Å². The standard InChI is InChI=1S/C24H26FN3O3/c1-31-23(29)19-11-21-22(12-20(19)25)28(24(30)26-21)14-16-9-17-7-8-18(10-16)27(17)13-15-5-3-2-4-6-15/h2-6,11-12,16-18H,7-10,13-14H2,1H3,(H,26,30). The van der Waals surface area contributed by atoms with Gasteiger partial charge < -0.3 is 9.72 Å². The van der Waals surface area contributed by atoms with Crippen molar-refractivity contribution >= 4 is 17.0 Å². The van der Waals surface area contributed by atoms with Gasteiger partial charge in [0.2, 0.25) is 0 Å². The van der Waals surface area contributed by atoms with Gasteiger partial charge >= 0.3 is 11.7 Å². The molecule has 5 rings (SSSR count). The molecule has 2 atom stereocenters. The molecular formula is C24H26FN3O3. The van der Waals surface area contributed by atoms with Crippen LogP contribution in [0, 0.1) is 11.7 Å². The molecule has 2 aliphatic rings. The second-order valence-electron chi connectivity index (χ2n) is 8.76. The zero-order valence-corrected chi connectivity index (χ0v) is 17.5. The summed E-state index contributed by atoms with van der Waals surface area (Å²) in [7, 11) is 1.21. The third-order valence-corrected chi connectivity index (χ3v) is 6.90. The van der Waals surface area contributed by atoms with Gasteiger partial charge in [-0.25, -0.2) is 14.0 Å². The molecule has 1 N–H and O–H groups in total. The monoisotopic (exact) mass is 423 g/mol. The van der Waals surface area contributed by atoms with E-state index in [1.165, 1.54) is 37.6 Å². The molecule has 3 heterocycles. The lowest BCUT2D eigenvalue weighted by atomic mass is 9.90. The molecule has 0 radical (unpaired) electrons. The number of carbonyl (C=O) groups is 1. The molecule has 0 aliphatic carbocycles. The highest BCUT2D eigenvalue weighted by molar-refractivity contribution is 5.94. The van der Waals surface area contributed by atoms with E-state index >= 15 is 0 Å². The number of carbonyl (C=O) groups excluding carboxylic acids is 1. The van der Waals surface area contributed by atoms with Crippen LogP contribution in [0.2, 0.25) is 0 Å². The lowest BCUT2D eigenvalue weighted by Gasteiger charge is -2.39. The van der Waals surface area contributed by atoms with Gasteiger partial charge in [0.15, 0.2) is 0 Å². The smallest absolute Gasteiger partial charge is 0.340 e. The van der Waals surface area contributed by atoms with Crippen LogP contribution in [0.5, 0.6) is 0 Å². The Morgan fingerprint density at radius 1 is 1.16 bits per heavy atom. The van der Waals surface area contributed by atoms with Gasteiger partial charge in [0.25, 0.3) is 0 Å². The summed E-state index contributed by atoms with van der Waals surface area (Å²) < 4.78 is 20.7. The Bertz CT molecular complexity index is 1160. The summed E-state index contributed by atoms with van der Waals surface area (Å²) in [5.74, 6) is -1.07. The van der Waals surface area contributed by atoms with Crippen molar-refractivity contribution in [3.05, 3.63) is 69.9 Å². The van der Waals surface area contributed by atoms with E-state index in [1.807, 2.05) is 6.07 Å². The zero-order chi connectivity index (χ0) is 21.5. The van der Waals surface area contributed by atoms with Crippen LogP contribution in [0.1, 0.15) is 41.6 Å². The fourth-order valence-corrected chi connectivity index (χ4v) is 5.47. The Morgan fingerprint density at radius 2 is 1.87 bits per heavy atom. The van der Waals surface area contributed by atoms with Crippen molar-refractivity contribution in [1.29, 1.82) is 0 Å². The van der Waals surface area contributed by atoms with Crippen LogP contribution in [0.15, 0.2) is 47.3 Å². The van der Waals surface area contributed by atoms with Gasteiger partial charge in [-0.2, -0.15) is 0 Å². The number of aromatic nitrogens is 2. The van der Waals surface area contributed by atoms with Crippen LogP contribution in [0.3, 0.4) is 0 Å². The fraction of sp³-hybridized carbons (Fsp3) is 0.417. The number of hydrogen-bond acceptors (Lipinski definition) is 4. The number of fused-ring (bicyclic) bond motifs is 3. The van der Waals surface area contributed by atoms with Crippen LogP contribution in [-0.4, -0.2) is 39.6 Å². The van der Waals surface area contributed by atoms with Gasteiger partial charge in [0.1, 0.15) is 5.82 Å². The summed E-state index contributed by atoms with van der Waals surface area (Å²) in [6, 6.07) is 14.2. The molecule has 2 aliphatic heterocycles. The Kier molecular flexibility index (Phi) is 5.14.